The van der Waals surface area contributed by atoms with Crippen molar-refractivity contribution in [1.29, 1.82) is 0 Å². The fourth-order valence-electron chi connectivity index (χ4n) is 6.14. The van der Waals surface area contributed by atoms with E-state index in [-0.39, 0.29) is 46.3 Å². The number of nitrogens with zero attached hydrogens (tertiary/aromatic N) is 5. The number of fused-ring (bicyclic) bond motifs is 2. The number of anilines is 1. The molecule has 7 rings (SSSR count). The summed E-state index contributed by atoms with van der Waals surface area (Å²) in [6.07, 6.45) is 0.525. The molecule has 3 fully saturated rings. The van der Waals surface area contributed by atoms with Gasteiger partial charge in [-0.05, 0) is 25.8 Å². The van der Waals surface area contributed by atoms with Crippen LogP contribution in [0.15, 0.2) is 12.3 Å². The van der Waals surface area contributed by atoms with E-state index < -0.39 is 24.3 Å². The van der Waals surface area contributed by atoms with Gasteiger partial charge >= 0.3 is 6.09 Å². The number of aliphatic hydroxyl groups excluding tert-OH is 1. The van der Waals surface area contributed by atoms with Gasteiger partial charge in [0.1, 0.15) is 29.6 Å². The second-order valence-electron chi connectivity index (χ2n) is 10.7. The van der Waals surface area contributed by atoms with Crippen LogP contribution in [0.5, 0.6) is 5.75 Å². The maximum Gasteiger partial charge on any atom is 0.409 e. The van der Waals surface area contributed by atoms with Crippen molar-refractivity contribution >= 4 is 34.7 Å². The molecule has 1 amide bonds. The topological polar surface area (TPSA) is 133 Å². The average molecular weight is 575 g/mol. The van der Waals surface area contributed by atoms with Crippen molar-refractivity contribution in [3.63, 3.8) is 0 Å². The van der Waals surface area contributed by atoms with Gasteiger partial charge in [0, 0.05) is 24.6 Å². The van der Waals surface area contributed by atoms with E-state index in [0.29, 0.717) is 61.8 Å². The number of hydrogen-bond acceptors (Lipinski definition) is 10. The number of carbonyl (C=O) groups is 1. The highest BCUT2D eigenvalue weighted by Gasteiger charge is 2.44. The number of ether oxygens (including phenoxy) is 4. The maximum atomic E-state index is 15.7. The van der Waals surface area contributed by atoms with E-state index in [1.807, 2.05) is 11.5 Å². The molecule has 3 saturated heterocycles. The highest BCUT2D eigenvalue weighted by molar-refractivity contribution is 6.33. The van der Waals surface area contributed by atoms with E-state index in [4.69, 9.17) is 35.5 Å². The molecule has 40 heavy (non-hydrogen) atoms. The van der Waals surface area contributed by atoms with Gasteiger partial charge in [0.25, 0.3) is 0 Å². The first-order chi connectivity index (χ1) is 19.3. The number of amides is 1. The number of aromatic nitrogens is 4. The molecule has 1 aromatic carbocycles. The fraction of sp³-hybridized carbons (Fsp3) is 0.538. The van der Waals surface area contributed by atoms with Gasteiger partial charge in [-0.25, -0.2) is 24.1 Å². The Balaban J connectivity index is 1.28. The van der Waals surface area contributed by atoms with Crippen molar-refractivity contribution in [3.8, 4) is 17.0 Å². The lowest BCUT2D eigenvalue weighted by molar-refractivity contribution is -0.156. The Kier molecular flexibility index (Phi) is 6.22. The summed E-state index contributed by atoms with van der Waals surface area (Å²) in [5, 5.41) is 14.0. The second kappa shape index (κ2) is 9.68. The van der Waals surface area contributed by atoms with Crippen molar-refractivity contribution in [2.24, 2.45) is 0 Å². The number of methoxy groups -OCH3 is 1. The lowest BCUT2D eigenvalue weighted by Gasteiger charge is -2.32. The molecule has 0 spiro atoms. The van der Waals surface area contributed by atoms with Gasteiger partial charge in [-0.1, -0.05) is 11.6 Å². The number of rotatable bonds is 4. The minimum Gasteiger partial charge on any atom is -0.488 e. The van der Waals surface area contributed by atoms with Crippen LogP contribution >= 0.6 is 11.6 Å². The molecule has 0 radical (unpaired) electrons. The SMILES string of the molecule is COC(=O)N1CC[C@@H](c2nc3c(F)cc(-c4nc(NC5C[C@H]6CO[C@H](O6)[C@H]5O)ncc4Cl)c4c3n2[C@H](C)CO4)C1. The molecule has 2 bridgehead atoms. The Morgan fingerprint density at radius 2 is 2.17 bits per heavy atom. The molecule has 3 aromatic rings. The van der Waals surface area contributed by atoms with Crippen molar-refractivity contribution in [2.75, 3.05) is 38.7 Å². The Morgan fingerprint density at radius 3 is 3.00 bits per heavy atom. The predicted molar refractivity (Wildman–Crippen MR) is 140 cm³/mol. The number of nitrogens with one attached hydrogen (secondary N) is 1. The standard InChI is InChI=1S/C26H28ClFN6O6/c1-11-9-38-22-14(18-15(27)7-29-25(32-18)30-17-5-13-10-39-24(40-13)21(17)35)6-16(28)19-20(22)34(11)23(31-19)12-3-4-33(8-12)26(36)37-2/h6-7,11-13,17,21,24,35H,3-5,8-10H2,1-2H3,(H,29,30,32)/t11-,12-,13+,17?,21+,24-/m1/s1. The number of imidazole rings is 1. The minimum absolute atomic E-state index is 0.0774. The maximum absolute atomic E-state index is 15.7. The van der Waals surface area contributed by atoms with Crippen LogP contribution in [0.2, 0.25) is 5.02 Å². The zero-order valence-electron chi connectivity index (χ0n) is 21.8. The number of hydrogen-bond donors (Lipinski definition) is 2. The van der Waals surface area contributed by atoms with Gasteiger partial charge in [0.15, 0.2) is 17.9 Å². The van der Waals surface area contributed by atoms with Crippen LogP contribution in [0.25, 0.3) is 22.3 Å². The third kappa shape index (κ3) is 4.06. The third-order valence-corrected chi connectivity index (χ3v) is 8.36. The number of aliphatic hydroxyl groups is 1. The Morgan fingerprint density at radius 1 is 1.32 bits per heavy atom. The Hall–Kier alpha value is -3.26. The van der Waals surface area contributed by atoms with E-state index in [0.717, 1.165) is 0 Å². The highest BCUT2D eigenvalue weighted by atomic mass is 35.5. The number of carbonyl (C=O) groups excluding carboxylic acids is 1. The smallest absolute Gasteiger partial charge is 0.409 e. The highest BCUT2D eigenvalue weighted by Crippen LogP contribution is 2.45. The van der Waals surface area contributed by atoms with Crippen LogP contribution in [0.4, 0.5) is 15.1 Å². The summed E-state index contributed by atoms with van der Waals surface area (Å²) in [4.78, 5) is 27.3. The molecule has 6 heterocycles. The summed E-state index contributed by atoms with van der Waals surface area (Å²) in [5.74, 6) is 0.749. The Bertz CT molecular complexity index is 1500. The van der Waals surface area contributed by atoms with Gasteiger partial charge in [-0.15, -0.1) is 0 Å². The zero-order chi connectivity index (χ0) is 27.7. The van der Waals surface area contributed by atoms with Crippen molar-refractivity contribution in [1.82, 2.24) is 24.4 Å². The summed E-state index contributed by atoms with van der Waals surface area (Å²) in [6.45, 7) is 3.71. The van der Waals surface area contributed by atoms with Gasteiger partial charge < -0.3 is 38.8 Å². The number of benzene rings is 1. The van der Waals surface area contributed by atoms with Crippen molar-refractivity contribution < 1.29 is 33.2 Å². The molecule has 4 aliphatic rings. The van der Waals surface area contributed by atoms with E-state index in [9.17, 15) is 9.90 Å². The molecule has 2 aromatic heterocycles. The lowest BCUT2D eigenvalue weighted by atomic mass is 10.0. The van der Waals surface area contributed by atoms with Gasteiger partial charge in [-0.2, -0.15) is 0 Å². The van der Waals surface area contributed by atoms with Gasteiger partial charge in [0.2, 0.25) is 5.95 Å². The summed E-state index contributed by atoms with van der Waals surface area (Å²) in [5.41, 5.74) is 1.38. The van der Waals surface area contributed by atoms with E-state index in [1.54, 1.807) is 4.90 Å². The van der Waals surface area contributed by atoms with Crippen molar-refractivity contribution in [3.05, 3.63) is 28.9 Å². The molecular formula is C26H28ClFN6O6. The van der Waals surface area contributed by atoms with E-state index in [2.05, 4.69) is 15.3 Å². The third-order valence-electron chi connectivity index (χ3n) is 8.09. The largest absolute Gasteiger partial charge is 0.488 e. The monoisotopic (exact) mass is 574 g/mol. The van der Waals surface area contributed by atoms with Crippen LogP contribution in [-0.4, -0.2) is 93.6 Å². The molecular weight excluding hydrogens is 547 g/mol. The van der Waals surface area contributed by atoms with Gasteiger partial charge in [0.05, 0.1) is 48.8 Å². The zero-order valence-corrected chi connectivity index (χ0v) is 22.6. The van der Waals surface area contributed by atoms with Crippen LogP contribution in [0.3, 0.4) is 0 Å². The second-order valence-corrected chi connectivity index (χ2v) is 11.1. The molecule has 2 N–H and O–H groups in total. The first-order valence-electron chi connectivity index (χ1n) is 13.3. The quantitative estimate of drug-likeness (QED) is 0.479. The van der Waals surface area contributed by atoms with Crippen LogP contribution in [0, 0.1) is 5.82 Å². The van der Waals surface area contributed by atoms with Crippen molar-refractivity contribution in [2.45, 2.75) is 56.3 Å². The van der Waals surface area contributed by atoms with Crippen LogP contribution in [-0.2, 0) is 14.2 Å². The summed E-state index contributed by atoms with van der Waals surface area (Å²) >= 11 is 6.55. The molecule has 12 nitrogen and oxygen atoms in total. The normalized spacial score (nSPS) is 29.1. The number of likely N-dealkylation sites (tertiary alicyclic amines) is 1. The van der Waals surface area contributed by atoms with E-state index in [1.165, 1.54) is 19.4 Å². The summed E-state index contributed by atoms with van der Waals surface area (Å²) < 4.78 is 39.8. The molecule has 14 heteroatoms. The minimum atomic E-state index is -0.903. The van der Waals surface area contributed by atoms with Gasteiger partial charge in [-0.3, -0.25) is 0 Å². The molecule has 1 unspecified atom stereocenters. The molecule has 6 atom stereocenters. The molecule has 0 saturated carbocycles. The van der Waals surface area contributed by atoms with Crippen LogP contribution in [0.1, 0.15) is 37.5 Å². The predicted octanol–water partition coefficient (Wildman–Crippen LogP) is 3.08. The molecule has 0 aliphatic carbocycles. The first-order valence-corrected chi connectivity index (χ1v) is 13.6. The molecule has 4 aliphatic heterocycles. The fourth-order valence-corrected chi connectivity index (χ4v) is 6.34. The molecule has 212 valence electrons. The van der Waals surface area contributed by atoms with Crippen LogP contribution < -0.4 is 10.1 Å². The lowest BCUT2D eigenvalue weighted by Crippen LogP contribution is -2.48. The van der Waals surface area contributed by atoms with E-state index >= 15 is 4.39 Å². The first kappa shape index (κ1) is 25.7. The summed E-state index contributed by atoms with van der Waals surface area (Å²) in [6, 6.07) is 0.828. The summed E-state index contributed by atoms with van der Waals surface area (Å²) in [7, 11) is 1.36. The Labute approximate surface area is 233 Å². The number of halogens is 2. The average Bonchev–Trinajstić information content (AvgIpc) is 3.69.